The van der Waals surface area contributed by atoms with Gasteiger partial charge in [-0.2, -0.15) is 5.48 Å². The first-order chi connectivity index (χ1) is 8.25. The lowest BCUT2D eigenvalue weighted by atomic mass is 9.80. The van der Waals surface area contributed by atoms with E-state index in [1.807, 2.05) is 18.2 Å². The van der Waals surface area contributed by atoms with E-state index in [1.54, 1.807) is 0 Å². The lowest BCUT2D eigenvalue weighted by molar-refractivity contribution is -0.0230. The highest BCUT2D eigenvalue weighted by molar-refractivity contribution is 5.13. The van der Waals surface area contributed by atoms with E-state index in [-0.39, 0.29) is 0 Å². The minimum Gasteiger partial charge on any atom is -0.297 e. The second-order valence-electron chi connectivity index (χ2n) is 5.39. The third-order valence-electron chi connectivity index (χ3n) is 3.77. The topological polar surface area (TPSA) is 21.3 Å². The van der Waals surface area contributed by atoms with Crippen LogP contribution in [0.25, 0.3) is 0 Å². The van der Waals surface area contributed by atoms with Crippen molar-refractivity contribution in [3.05, 3.63) is 35.9 Å². The Morgan fingerprint density at radius 2 is 1.94 bits per heavy atom. The van der Waals surface area contributed by atoms with E-state index in [1.165, 1.54) is 24.8 Å². The van der Waals surface area contributed by atoms with Gasteiger partial charge in [-0.1, -0.05) is 50.6 Å². The maximum atomic E-state index is 5.63. The fourth-order valence-corrected chi connectivity index (χ4v) is 2.50. The molecule has 2 nitrogen and oxygen atoms in total. The van der Waals surface area contributed by atoms with Crippen LogP contribution in [0.15, 0.2) is 30.3 Å². The molecule has 1 N–H and O–H groups in total. The Labute approximate surface area is 104 Å². The third kappa shape index (κ3) is 3.83. The highest BCUT2D eigenvalue weighted by Crippen LogP contribution is 2.28. The first kappa shape index (κ1) is 12.6. The Hall–Kier alpha value is -0.860. The van der Waals surface area contributed by atoms with Gasteiger partial charge in [-0.3, -0.25) is 4.84 Å². The molecule has 1 aliphatic rings. The zero-order valence-corrected chi connectivity index (χ0v) is 10.9. The minimum atomic E-state index is 0.516. The molecule has 1 saturated carbocycles. The Balaban J connectivity index is 1.74. The van der Waals surface area contributed by atoms with Crippen molar-refractivity contribution in [2.45, 2.75) is 45.8 Å². The first-order valence-corrected chi connectivity index (χ1v) is 6.67. The van der Waals surface area contributed by atoms with Crippen LogP contribution in [0.4, 0.5) is 0 Å². The molecular weight excluding hydrogens is 210 g/mol. The smallest absolute Gasteiger partial charge is 0.0933 e. The number of hydrogen-bond acceptors (Lipinski definition) is 2. The normalized spacial score (nSPS) is 29.2. The molecule has 2 heteroatoms. The predicted octanol–water partition coefficient (Wildman–Crippen LogP) is 3.53. The van der Waals surface area contributed by atoms with E-state index in [0.717, 1.165) is 11.8 Å². The van der Waals surface area contributed by atoms with E-state index >= 15 is 0 Å². The van der Waals surface area contributed by atoms with Crippen LogP contribution >= 0.6 is 0 Å². The van der Waals surface area contributed by atoms with Gasteiger partial charge in [-0.15, -0.1) is 0 Å². The van der Waals surface area contributed by atoms with Crippen molar-refractivity contribution >= 4 is 0 Å². The van der Waals surface area contributed by atoms with Crippen molar-refractivity contribution in [3.63, 3.8) is 0 Å². The first-order valence-electron chi connectivity index (χ1n) is 6.67. The molecule has 0 radical (unpaired) electrons. The molecule has 1 aliphatic carbocycles. The fraction of sp³-hybridized carbons (Fsp3) is 0.600. The van der Waals surface area contributed by atoms with E-state index in [9.17, 15) is 0 Å². The highest BCUT2D eigenvalue weighted by Gasteiger charge is 2.25. The summed E-state index contributed by atoms with van der Waals surface area (Å²) in [6.07, 6.45) is 3.90. The van der Waals surface area contributed by atoms with Gasteiger partial charge < -0.3 is 0 Å². The van der Waals surface area contributed by atoms with Crippen LogP contribution in [0.2, 0.25) is 0 Å². The molecule has 17 heavy (non-hydrogen) atoms. The third-order valence-corrected chi connectivity index (χ3v) is 3.77. The maximum absolute atomic E-state index is 5.63. The number of hydrogen-bond donors (Lipinski definition) is 1. The lowest BCUT2D eigenvalue weighted by Crippen LogP contribution is -2.39. The summed E-state index contributed by atoms with van der Waals surface area (Å²) >= 11 is 0. The highest BCUT2D eigenvalue weighted by atomic mass is 16.6. The molecule has 94 valence electrons. The van der Waals surface area contributed by atoms with Crippen molar-refractivity contribution in [2.24, 2.45) is 11.8 Å². The van der Waals surface area contributed by atoms with Gasteiger partial charge in [0, 0.05) is 6.04 Å². The summed E-state index contributed by atoms with van der Waals surface area (Å²) in [6, 6.07) is 10.8. The summed E-state index contributed by atoms with van der Waals surface area (Å²) in [6.45, 7) is 5.30. The van der Waals surface area contributed by atoms with Crippen molar-refractivity contribution in [2.75, 3.05) is 0 Å². The van der Waals surface area contributed by atoms with Gasteiger partial charge in [0.1, 0.15) is 0 Å². The number of rotatable bonds is 4. The summed E-state index contributed by atoms with van der Waals surface area (Å²) in [5.74, 6) is 1.55. The number of benzene rings is 1. The zero-order chi connectivity index (χ0) is 12.1. The molecule has 0 amide bonds. The summed E-state index contributed by atoms with van der Waals surface area (Å²) in [5.41, 5.74) is 4.47. The lowest BCUT2D eigenvalue weighted by Gasteiger charge is -2.32. The molecule has 3 unspecified atom stereocenters. The van der Waals surface area contributed by atoms with Gasteiger partial charge in [0.15, 0.2) is 0 Å². The van der Waals surface area contributed by atoms with Crippen LogP contribution in [0, 0.1) is 11.8 Å². The maximum Gasteiger partial charge on any atom is 0.0933 e. The van der Waals surface area contributed by atoms with Gasteiger partial charge in [0.2, 0.25) is 0 Å². The molecule has 0 aromatic heterocycles. The summed E-state index contributed by atoms with van der Waals surface area (Å²) in [4.78, 5) is 5.63. The Kier molecular flexibility index (Phi) is 4.57. The average molecular weight is 233 g/mol. The molecule has 1 aromatic carbocycles. The van der Waals surface area contributed by atoms with Crippen molar-refractivity contribution in [1.29, 1.82) is 0 Å². The number of hydroxylamine groups is 1. The molecule has 0 aliphatic heterocycles. The molecule has 0 saturated heterocycles. The second kappa shape index (κ2) is 6.18. The van der Waals surface area contributed by atoms with Crippen molar-refractivity contribution in [3.8, 4) is 0 Å². The molecule has 0 bridgehead atoms. The molecule has 0 heterocycles. The van der Waals surface area contributed by atoms with Crippen LogP contribution in [0.3, 0.4) is 0 Å². The zero-order valence-electron chi connectivity index (χ0n) is 10.9. The summed E-state index contributed by atoms with van der Waals surface area (Å²) in [5, 5.41) is 0. The number of nitrogens with one attached hydrogen (secondary N) is 1. The van der Waals surface area contributed by atoms with Gasteiger partial charge >= 0.3 is 0 Å². The van der Waals surface area contributed by atoms with Gasteiger partial charge in [-0.25, -0.2) is 0 Å². The van der Waals surface area contributed by atoms with Crippen LogP contribution in [0.5, 0.6) is 0 Å². The standard InChI is InChI=1S/C15H23NO/c1-12-8-9-13(2)15(10-12)16-17-11-14-6-4-3-5-7-14/h3-7,12-13,15-16H,8-11H2,1-2H3. The predicted molar refractivity (Wildman–Crippen MR) is 70.3 cm³/mol. The van der Waals surface area contributed by atoms with Gasteiger partial charge in [-0.05, 0) is 30.2 Å². The quantitative estimate of drug-likeness (QED) is 0.803. The average Bonchev–Trinajstić information content (AvgIpc) is 2.35. The molecule has 2 rings (SSSR count). The van der Waals surface area contributed by atoms with Gasteiger partial charge in [0.25, 0.3) is 0 Å². The van der Waals surface area contributed by atoms with Crippen LogP contribution in [0.1, 0.15) is 38.7 Å². The second-order valence-corrected chi connectivity index (χ2v) is 5.39. The van der Waals surface area contributed by atoms with E-state index in [4.69, 9.17) is 4.84 Å². The SMILES string of the molecule is CC1CCC(C)C(NOCc2ccccc2)C1. The Morgan fingerprint density at radius 1 is 1.18 bits per heavy atom. The van der Waals surface area contributed by atoms with Gasteiger partial charge in [0.05, 0.1) is 6.61 Å². The Bertz CT molecular complexity index is 325. The van der Waals surface area contributed by atoms with E-state index < -0.39 is 0 Å². The summed E-state index contributed by atoms with van der Waals surface area (Å²) < 4.78 is 0. The largest absolute Gasteiger partial charge is 0.297 e. The Morgan fingerprint density at radius 3 is 2.71 bits per heavy atom. The molecule has 1 aromatic rings. The molecule has 0 spiro atoms. The van der Waals surface area contributed by atoms with E-state index in [2.05, 4.69) is 31.5 Å². The fourth-order valence-electron chi connectivity index (χ4n) is 2.50. The van der Waals surface area contributed by atoms with Crippen LogP contribution < -0.4 is 5.48 Å². The van der Waals surface area contributed by atoms with E-state index in [0.29, 0.717) is 12.6 Å². The monoisotopic (exact) mass is 233 g/mol. The summed E-state index contributed by atoms with van der Waals surface area (Å²) in [7, 11) is 0. The molecular formula is C15H23NO. The van der Waals surface area contributed by atoms with Crippen molar-refractivity contribution in [1.82, 2.24) is 5.48 Å². The van der Waals surface area contributed by atoms with Crippen LogP contribution in [-0.4, -0.2) is 6.04 Å². The molecule has 3 atom stereocenters. The molecule has 1 fully saturated rings. The van der Waals surface area contributed by atoms with Crippen LogP contribution in [-0.2, 0) is 11.4 Å². The minimum absolute atomic E-state index is 0.516. The van der Waals surface area contributed by atoms with Crippen molar-refractivity contribution < 1.29 is 4.84 Å².